The Labute approximate surface area is 159 Å². The van der Waals surface area contributed by atoms with Gasteiger partial charge in [-0.05, 0) is 38.1 Å². The van der Waals surface area contributed by atoms with Crippen molar-refractivity contribution in [2.75, 3.05) is 44.6 Å². The van der Waals surface area contributed by atoms with Crippen LogP contribution < -0.4 is 5.32 Å². The van der Waals surface area contributed by atoms with Crippen LogP contribution in [0.25, 0.3) is 0 Å². The van der Waals surface area contributed by atoms with Crippen molar-refractivity contribution in [2.24, 2.45) is 0 Å². The van der Waals surface area contributed by atoms with E-state index in [1.807, 2.05) is 13.8 Å². The average molecular weight is 400 g/mol. The number of carbonyl (C=O) groups is 1. The van der Waals surface area contributed by atoms with Gasteiger partial charge in [-0.15, -0.1) is 0 Å². The summed E-state index contributed by atoms with van der Waals surface area (Å²) >= 11 is 0. The summed E-state index contributed by atoms with van der Waals surface area (Å²) in [7, 11) is -3.58. The topological polar surface area (TPSA) is 82.2 Å². The first kappa shape index (κ1) is 20.0. The van der Waals surface area contributed by atoms with Crippen LogP contribution in [-0.2, 0) is 14.9 Å². The smallest absolute Gasteiger partial charge is 0.321 e. The second-order valence-corrected chi connectivity index (χ2v) is 8.83. The second kappa shape index (κ2) is 8.09. The highest BCUT2D eigenvalue weighted by Crippen LogP contribution is 2.19. The Balaban J connectivity index is 1.56. The van der Waals surface area contributed by atoms with Gasteiger partial charge in [-0.2, -0.15) is 17.0 Å². The number of benzene rings is 1. The number of morpholine rings is 1. The predicted octanol–water partition coefficient (Wildman–Crippen LogP) is 1.33. The average Bonchev–Trinajstić information content (AvgIpc) is 2.63. The van der Waals surface area contributed by atoms with Crippen molar-refractivity contribution >= 4 is 21.9 Å². The largest absolute Gasteiger partial charge is 0.373 e. The fourth-order valence-corrected chi connectivity index (χ4v) is 5.09. The van der Waals surface area contributed by atoms with Gasteiger partial charge in [-0.1, -0.05) is 0 Å². The third-order valence-corrected chi connectivity index (χ3v) is 6.63. The Bertz CT molecular complexity index is 756. The van der Waals surface area contributed by atoms with Gasteiger partial charge in [0.2, 0.25) is 0 Å². The number of urea groups is 1. The molecule has 0 spiro atoms. The molecule has 2 amide bonds. The molecule has 1 aromatic carbocycles. The molecule has 3 rings (SSSR count). The standard InChI is InChI=1S/C17H25FN4O4S/c1-13-11-22(12-14(2)26-13)27(24,25)21-9-7-20(8-10-21)17(23)19-16-5-3-15(18)4-6-16/h3-6,13-14H,7-12H2,1-2H3,(H,19,23)/t13-,14-/m1/s1. The van der Waals surface area contributed by atoms with Crippen LogP contribution in [0.1, 0.15) is 13.8 Å². The van der Waals surface area contributed by atoms with Gasteiger partial charge >= 0.3 is 6.03 Å². The van der Waals surface area contributed by atoms with E-state index in [1.165, 1.54) is 32.9 Å². The number of piperazine rings is 1. The van der Waals surface area contributed by atoms with Crippen LogP contribution in [0.3, 0.4) is 0 Å². The Hall–Kier alpha value is -1.75. The van der Waals surface area contributed by atoms with Crippen LogP contribution in [-0.4, -0.2) is 79.4 Å². The normalized spacial score (nSPS) is 25.4. The molecule has 0 unspecified atom stereocenters. The Morgan fingerprint density at radius 1 is 1.04 bits per heavy atom. The van der Waals surface area contributed by atoms with E-state index in [0.717, 1.165) is 0 Å². The molecule has 2 heterocycles. The number of hydrogen-bond acceptors (Lipinski definition) is 4. The van der Waals surface area contributed by atoms with Crippen molar-refractivity contribution in [1.29, 1.82) is 0 Å². The van der Waals surface area contributed by atoms with E-state index in [0.29, 0.717) is 31.9 Å². The highest BCUT2D eigenvalue weighted by atomic mass is 32.2. The molecule has 150 valence electrons. The van der Waals surface area contributed by atoms with Crippen LogP contribution in [0, 0.1) is 5.82 Å². The third-order valence-electron chi connectivity index (χ3n) is 4.66. The van der Waals surface area contributed by atoms with Crippen LogP contribution in [0.4, 0.5) is 14.9 Å². The predicted molar refractivity (Wildman–Crippen MR) is 99.1 cm³/mol. The van der Waals surface area contributed by atoms with Crippen LogP contribution in [0.5, 0.6) is 0 Å². The number of ether oxygens (including phenoxy) is 1. The lowest BCUT2D eigenvalue weighted by Crippen LogP contribution is -2.58. The number of rotatable bonds is 3. The molecule has 8 nitrogen and oxygen atoms in total. The van der Waals surface area contributed by atoms with E-state index in [2.05, 4.69) is 5.32 Å². The quantitative estimate of drug-likeness (QED) is 0.830. The van der Waals surface area contributed by atoms with Gasteiger partial charge < -0.3 is 15.0 Å². The number of hydrogen-bond donors (Lipinski definition) is 1. The maximum Gasteiger partial charge on any atom is 0.321 e. The summed E-state index contributed by atoms with van der Waals surface area (Å²) in [5, 5.41) is 2.69. The molecular formula is C17H25FN4O4S. The molecule has 2 atom stereocenters. The van der Waals surface area contributed by atoms with Gasteiger partial charge in [0, 0.05) is 45.0 Å². The number of amides is 2. The van der Waals surface area contributed by atoms with Crippen molar-refractivity contribution in [3.8, 4) is 0 Å². The summed E-state index contributed by atoms with van der Waals surface area (Å²) < 4.78 is 47.2. The maximum atomic E-state index is 12.9. The lowest BCUT2D eigenvalue weighted by molar-refractivity contribution is -0.0456. The highest BCUT2D eigenvalue weighted by molar-refractivity contribution is 7.86. The summed E-state index contributed by atoms with van der Waals surface area (Å²) in [5.41, 5.74) is 0.493. The number of nitrogens with zero attached hydrogens (tertiary/aromatic N) is 3. The molecule has 2 fully saturated rings. The van der Waals surface area contributed by atoms with Gasteiger partial charge in [0.25, 0.3) is 10.2 Å². The second-order valence-electron chi connectivity index (χ2n) is 6.91. The molecule has 0 radical (unpaired) electrons. The van der Waals surface area contributed by atoms with E-state index in [9.17, 15) is 17.6 Å². The number of nitrogens with one attached hydrogen (secondary N) is 1. The first-order valence-corrected chi connectivity index (χ1v) is 10.4. The Morgan fingerprint density at radius 3 is 2.15 bits per heavy atom. The van der Waals surface area contributed by atoms with Crippen molar-refractivity contribution in [3.05, 3.63) is 30.1 Å². The lowest BCUT2D eigenvalue weighted by atomic mass is 10.3. The zero-order valence-electron chi connectivity index (χ0n) is 15.5. The minimum absolute atomic E-state index is 0.147. The van der Waals surface area contributed by atoms with E-state index in [-0.39, 0.29) is 37.1 Å². The minimum Gasteiger partial charge on any atom is -0.373 e. The van der Waals surface area contributed by atoms with Gasteiger partial charge in [-0.25, -0.2) is 9.18 Å². The number of halogens is 1. The summed E-state index contributed by atoms with van der Waals surface area (Å²) in [6, 6.07) is 5.17. The summed E-state index contributed by atoms with van der Waals surface area (Å²) in [6.45, 7) is 5.43. The van der Waals surface area contributed by atoms with Crippen LogP contribution >= 0.6 is 0 Å². The third kappa shape index (κ3) is 4.75. The molecule has 2 aliphatic heterocycles. The lowest BCUT2D eigenvalue weighted by Gasteiger charge is -2.40. The highest BCUT2D eigenvalue weighted by Gasteiger charge is 2.37. The molecule has 0 aromatic heterocycles. The molecule has 1 aromatic rings. The molecule has 0 aliphatic carbocycles. The molecule has 2 aliphatic rings. The minimum atomic E-state index is -3.58. The summed E-state index contributed by atoms with van der Waals surface area (Å²) in [4.78, 5) is 13.9. The van der Waals surface area contributed by atoms with Crippen molar-refractivity contribution < 1.29 is 22.3 Å². The van der Waals surface area contributed by atoms with Crippen LogP contribution in [0.2, 0.25) is 0 Å². The Morgan fingerprint density at radius 2 is 1.59 bits per heavy atom. The van der Waals surface area contributed by atoms with Gasteiger partial charge in [-0.3, -0.25) is 0 Å². The van der Waals surface area contributed by atoms with Crippen molar-refractivity contribution in [3.63, 3.8) is 0 Å². The molecule has 1 N–H and O–H groups in total. The van der Waals surface area contributed by atoms with E-state index in [4.69, 9.17) is 4.74 Å². The van der Waals surface area contributed by atoms with Crippen molar-refractivity contribution in [1.82, 2.24) is 13.5 Å². The summed E-state index contributed by atoms with van der Waals surface area (Å²) in [6.07, 6.45) is -0.294. The van der Waals surface area contributed by atoms with Gasteiger partial charge in [0.05, 0.1) is 12.2 Å². The zero-order valence-corrected chi connectivity index (χ0v) is 16.3. The number of carbonyl (C=O) groups excluding carboxylic acids is 1. The van der Waals surface area contributed by atoms with E-state index < -0.39 is 10.2 Å². The molecule has 10 heteroatoms. The molecule has 27 heavy (non-hydrogen) atoms. The maximum absolute atomic E-state index is 12.9. The number of anilines is 1. The van der Waals surface area contributed by atoms with E-state index in [1.54, 1.807) is 4.90 Å². The van der Waals surface area contributed by atoms with Crippen LogP contribution in [0.15, 0.2) is 24.3 Å². The first-order valence-electron chi connectivity index (χ1n) is 8.98. The molecule has 2 saturated heterocycles. The van der Waals surface area contributed by atoms with Gasteiger partial charge in [0.15, 0.2) is 0 Å². The summed E-state index contributed by atoms with van der Waals surface area (Å²) in [5.74, 6) is -0.376. The fraction of sp³-hybridized carbons (Fsp3) is 0.588. The fourth-order valence-electron chi connectivity index (χ4n) is 3.34. The molecular weight excluding hydrogens is 375 g/mol. The zero-order chi connectivity index (χ0) is 19.6. The SMILES string of the molecule is C[C@@H]1CN(S(=O)(=O)N2CCN(C(=O)Nc3ccc(F)cc3)CC2)C[C@@H](C)O1. The molecule has 0 bridgehead atoms. The monoisotopic (exact) mass is 400 g/mol. The molecule has 0 saturated carbocycles. The van der Waals surface area contributed by atoms with Crippen molar-refractivity contribution in [2.45, 2.75) is 26.1 Å². The van der Waals surface area contributed by atoms with E-state index >= 15 is 0 Å². The first-order chi connectivity index (χ1) is 12.8. The van der Waals surface area contributed by atoms with Gasteiger partial charge in [0.1, 0.15) is 5.82 Å². The Kier molecular flexibility index (Phi) is 5.99.